The lowest BCUT2D eigenvalue weighted by atomic mass is 10.2. The van der Waals surface area contributed by atoms with E-state index in [2.05, 4.69) is 20.3 Å². The standard InChI is InChI=1S/C11H11N5OS/c12-8-3-5-13-9(16-8)6-15-10(17)7-2-1-4-14-11(7)18/h1-5H,6H2,(H,14,18)(H,15,17)(H2,12,13,16). The maximum atomic E-state index is 11.8. The predicted molar refractivity (Wildman–Crippen MR) is 69.2 cm³/mol. The minimum Gasteiger partial charge on any atom is -0.384 e. The molecule has 6 nitrogen and oxygen atoms in total. The Kier molecular flexibility index (Phi) is 3.63. The third kappa shape index (κ3) is 2.89. The summed E-state index contributed by atoms with van der Waals surface area (Å²) in [6, 6.07) is 4.94. The van der Waals surface area contributed by atoms with Gasteiger partial charge in [0.05, 0.1) is 12.1 Å². The molecule has 2 heterocycles. The van der Waals surface area contributed by atoms with Crippen molar-refractivity contribution in [1.82, 2.24) is 20.3 Å². The van der Waals surface area contributed by atoms with Crippen LogP contribution in [-0.4, -0.2) is 20.9 Å². The molecular formula is C11H11N5OS. The van der Waals surface area contributed by atoms with Crippen LogP contribution < -0.4 is 11.1 Å². The molecule has 92 valence electrons. The minimum atomic E-state index is -0.275. The zero-order valence-corrected chi connectivity index (χ0v) is 10.2. The zero-order chi connectivity index (χ0) is 13.0. The first-order chi connectivity index (χ1) is 8.66. The summed E-state index contributed by atoms with van der Waals surface area (Å²) >= 11 is 5.01. The number of aromatic nitrogens is 3. The van der Waals surface area contributed by atoms with Crippen molar-refractivity contribution in [2.24, 2.45) is 0 Å². The normalized spacial score (nSPS) is 10.0. The molecule has 0 aliphatic rings. The fourth-order valence-corrected chi connectivity index (χ4v) is 1.58. The van der Waals surface area contributed by atoms with E-state index in [1.807, 2.05) is 0 Å². The summed E-state index contributed by atoms with van der Waals surface area (Å²) in [5.74, 6) is 0.545. The summed E-state index contributed by atoms with van der Waals surface area (Å²) in [7, 11) is 0. The predicted octanol–water partition coefficient (Wildman–Crippen LogP) is 1.05. The summed E-state index contributed by atoms with van der Waals surface area (Å²) in [6.45, 7) is 0.202. The Morgan fingerprint density at radius 2 is 2.33 bits per heavy atom. The fourth-order valence-electron chi connectivity index (χ4n) is 1.35. The van der Waals surface area contributed by atoms with Crippen LogP contribution in [0.25, 0.3) is 0 Å². The van der Waals surface area contributed by atoms with Gasteiger partial charge >= 0.3 is 0 Å². The summed E-state index contributed by atoms with van der Waals surface area (Å²) in [5.41, 5.74) is 5.93. The SMILES string of the molecule is Nc1ccnc(CNC(=O)c2ccc[nH]c2=S)n1. The van der Waals surface area contributed by atoms with Gasteiger partial charge in [-0.25, -0.2) is 9.97 Å². The van der Waals surface area contributed by atoms with Gasteiger partial charge in [-0.15, -0.1) is 0 Å². The average molecular weight is 261 g/mol. The molecule has 1 amide bonds. The molecule has 0 aliphatic heterocycles. The molecule has 0 bridgehead atoms. The van der Waals surface area contributed by atoms with Crippen LogP contribution >= 0.6 is 12.2 Å². The Morgan fingerprint density at radius 3 is 3.06 bits per heavy atom. The van der Waals surface area contributed by atoms with Crippen LogP contribution in [-0.2, 0) is 6.54 Å². The van der Waals surface area contributed by atoms with E-state index in [1.165, 1.54) is 0 Å². The number of carbonyl (C=O) groups excluding carboxylic acids is 1. The summed E-state index contributed by atoms with van der Waals surface area (Å²) in [4.78, 5) is 22.6. The van der Waals surface area contributed by atoms with Crippen molar-refractivity contribution in [3.63, 3.8) is 0 Å². The number of aromatic amines is 1. The van der Waals surface area contributed by atoms with E-state index >= 15 is 0 Å². The van der Waals surface area contributed by atoms with E-state index in [4.69, 9.17) is 18.0 Å². The largest absolute Gasteiger partial charge is 0.384 e. The second-order valence-electron chi connectivity index (χ2n) is 3.49. The first kappa shape index (κ1) is 12.2. The molecule has 4 N–H and O–H groups in total. The van der Waals surface area contributed by atoms with Crippen molar-refractivity contribution in [3.8, 4) is 0 Å². The van der Waals surface area contributed by atoms with Gasteiger partial charge in [-0.2, -0.15) is 0 Å². The van der Waals surface area contributed by atoms with Crippen molar-refractivity contribution in [1.29, 1.82) is 0 Å². The highest BCUT2D eigenvalue weighted by Crippen LogP contribution is 2.00. The summed E-state index contributed by atoms with van der Waals surface area (Å²) in [5, 5.41) is 2.68. The molecule has 0 unspecified atom stereocenters. The van der Waals surface area contributed by atoms with Gasteiger partial charge in [0.1, 0.15) is 16.3 Å². The third-order valence-corrected chi connectivity index (χ3v) is 2.53. The Hall–Kier alpha value is -2.28. The number of amides is 1. The molecule has 0 aromatic carbocycles. The molecule has 0 radical (unpaired) electrons. The van der Waals surface area contributed by atoms with Crippen LogP contribution in [0.4, 0.5) is 5.82 Å². The van der Waals surface area contributed by atoms with E-state index < -0.39 is 0 Å². The number of carbonyl (C=O) groups is 1. The van der Waals surface area contributed by atoms with Crippen LogP contribution in [0.2, 0.25) is 0 Å². The average Bonchev–Trinajstić information content (AvgIpc) is 2.37. The minimum absolute atomic E-state index is 0.202. The van der Waals surface area contributed by atoms with Gasteiger partial charge in [-0.3, -0.25) is 4.79 Å². The lowest BCUT2D eigenvalue weighted by Gasteiger charge is -2.04. The number of nitrogen functional groups attached to an aromatic ring is 1. The van der Waals surface area contributed by atoms with Gasteiger partial charge in [0.25, 0.3) is 5.91 Å². The number of nitrogens with two attached hydrogens (primary N) is 1. The first-order valence-corrected chi connectivity index (χ1v) is 5.61. The molecule has 0 saturated heterocycles. The van der Waals surface area contributed by atoms with Crippen molar-refractivity contribution in [2.45, 2.75) is 6.54 Å². The molecular weight excluding hydrogens is 250 g/mol. The van der Waals surface area contributed by atoms with Crippen molar-refractivity contribution < 1.29 is 4.79 Å². The lowest BCUT2D eigenvalue weighted by Crippen LogP contribution is -2.24. The fraction of sp³-hybridized carbons (Fsp3) is 0.0909. The van der Waals surface area contributed by atoms with Gasteiger partial charge < -0.3 is 16.0 Å². The van der Waals surface area contributed by atoms with E-state index in [-0.39, 0.29) is 12.5 Å². The van der Waals surface area contributed by atoms with Crippen LogP contribution in [0.15, 0.2) is 30.6 Å². The van der Waals surface area contributed by atoms with Crippen LogP contribution in [0.1, 0.15) is 16.2 Å². The smallest absolute Gasteiger partial charge is 0.254 e. The molecule has 0 atom stereocenters. The van der Waals surface area contributed by atoms with Crippen LogP contribution in [0.3, 0.4) is 0 Å². The summed E-state index contributed by atoms with van der Waals surface area (Å²) in [6.07, 6.45) is 3.21. The van der Waals surface area contributed by atoms with E-state index in [0.717, 1.165) is 0 Å². The van der Waals surface area contributed by atoms with Crippen molar-refractivity contribution in [3.05, 3.63) is 46.6 Å². The highest BCUT2D eigenvalue weighted by molar-refractivity contribution is 7.71. The molecule has 18 heavy (non-hydrogen) atoms. The molecule has 0 spiro atoms. The zero-order valence-electron chi connectivity index (χ0n) is 9.38. The topological polar surface area (TPSA) is 96.7 Å². The second-order valence-corrected chi connectivity index (χ2v) is 3.90. The number of pyridine rings is 1. The van der Waals surface area contributed by atoms with Crippen LogP contribution in [0, 0.1) is 4.64 Å². The Morgan fingerprint density at radius 1 is 1.50 bits per heavy atom. The molecule has 2 rings (SSSR count). The van der Waals surface area contributed by atoms with Crippen LogP contribution in [0.5, 0.6) is 0 Å². The van der Waals surface area contributed by atoms with E-state index in [9.17, 15) is 4.79 Å². The number of nitrogens with zero attached hydrogens (tertiary/aromatic N) is 2. The molecule has 2 aromatic heterocycles. The molecule has 0 saturated carbocycles. The van der Waals surface area contributed by atoms with Gasteiger partial charge in [0.15, 0.2) is 0 Å². The highest BCUT2D eigenvalue weighted by Gasteiger charge is 2.07. The maximum Gasteiger partial charge on any atom is 0.254 e. The van der Waals surface area contributed by atoms with Gasteiger partial charge in [0.2, 0.25) is 0 Å². The third-order valence-electron chi connectivity index (χ3n) is 2.20. The van der Waals surface area contributed by atoms with Crippen molar-refractivity contribution >= 4 is 23.9 Å². The van der Waals surface area contributed by atoms with Gasteiger partial charge in [-0.05, 0) is 18.2 Å². The number of rotatable bonds is 3. The highest BCUT2D eigenvalue weighted by atomic mass is 32.1. The summed E-state index contributed by atoms with van der Waals surface area (Å²) < 4.78 is 0.392. The molecule has 2 aromatic rings. The second kappa shape index (κ2) is 5.37. The monoisotopic (exact) mass is 261 g/mol. The van der Waals surface area contributed by atoms with E-state index in [1.54, 1.807) is 30.6 Å². The number of hydrogen-bond donors (Lipinski definition) is 3. The van der Waals surface area contributed by atoms with E-state index in [0.29, 0.717) is 21.8 Å². The Balaban J connectivity index is 2.05. The number of anilines is 1. The number of H-pyrrole nitrogens is 1. The number of hydrogen-bond acceptors (Lipinski definition) is 5. The van der Waals surface area contributed by atoms with Gasteiger partial charge in [0, 0.05) is 12.4 Å². The maximum absolute atomic E-state index is 11.8. The number of nitrogens with one attached hydrogen (secondary N) is 2. The molecule has 0 aliphatic carbocycles. The molecule has 0 fully saturated rings. The Labute approximate surface area is 108 Å². The van der Waals surface area contributed by atoms with Crippen molar-refractivity contribution in [2.75, 3.05) is 5.73 Å². The van der Waals surface area contributed by atoms with Gasteiger partial charge in [-0.1, -0.05) is 12.2 Å². The Bertz CT molecular complexity index is 625. The first-order valence-electron chi connectivity index (χ1n) is 5.20. The molecule has 7 heteroatoms. The lowest BCUT2D eigenvalue weighted by molar-refractivity contribution is 0.0949. The quantitative estimate of drug-likeness (QED) is 0.717.